The van der Waals surface area contributed by atoms with Crippen LogP contribution in [0.25, 0.3) is 6.08 Å². The van der Waals surface area contributed by atoms with Crippen LogP contribution in [0.15, 0.2) is 66.1 Å². The van der Waals surface area contributed by atoms with Gasteiger partial charge in [0, 0.05) is 49.7 Å². The van der Waals surface area contributed by atoms with Crippen molar-refractivity contribution in [2.45, 2.75) is 33.2 Å². The lowest BCUT2D eigenvalue weighted by molar-refractivity contribution is -0.132. The number of piperazine rings is 1. The van der Waals surface area contributed by atoms with E-state index in [2.05, 4.69) is 39.5 Å². The van der Waals surface area contributed by atoms with E-state index in [0.717, 1.165) is 25.2 Å². The number of hydrogen-bond acceptors (Lipinski definition) is 6. The number of thiazole rings is 1. The topological polar surface area (TPSA) is 85.8 Å². The molecule has 0 aliphatic carbocycles. The average Bonchev–Trinajstić information content (AvgIpc) is 3.38. The standard InChI is InChI=1S/C31H37N5O3S/c1-23(2)36(30(39)26-13-11-24(3)12-14-26)21-28(37)33-31-32-27(22-40-31)20-29(38)35-18-16-34(17-19-35)15-7-10-25-8-5-4-6-9-25/h4-14,22-23H,15-21H2,1-3H3,(H,32,33,37)/b10-7+. The van der Waals surface area contributed by atoms with E-state index in [1.165, 1.54) is 21.8 Å². The van der Waals surface area contributed by atoms with Crippen LogP contribution in [-0.4, -0.2) is 82.7 Å². The summed E-state index contributed by atoms with van der Waals surface area (Å²) in [6.45, 7) is 9.54. The Balaban J connectivity index is 1.22. The number of aryl methyl sites for hydroxylation is 1. The van der Waals surface area contributed by atoms with Crippen LogP contribution in [0.2, 0.25) is 0 Å². The second-order valence-corrected chi connectivity index (χ2v) is 11.1. The van der Waals surface area contributed by atoms with Gasteiger partial charge in [-0.3, -0.25) is 19.3 Å². The zero-order valence-corrected chi connectivity index (χ0v) is 24.2. The minimum Gasteiger partial charge on any atom is -0.340 e. The number of benzene rings is 2. The molecule has 2 heterocycles. The highest BCUT2D eigenvalue weighted by molar-refractivity contribution is 7.13. The summed E-state index contributed by atoms with van der Waals surface area (Å²) >= 11 is 1.28. The third kappa shape index (κ3) is 8.34. The van der Waals surface area contributed by atoms with Crippen LogP contribution >= 0.6 is 11.3 Å². The number of aromatic nitrogens is 1. The van der Waals surface area contributed by atoms with Gasteiger partial charge in [0.05, 0.1) is 12.1 Å². The average molecular weight is 560 g/mol. The predicted molar refractivity (Wildman–Crippen MR) is 160 cm³/mol. The molecular weight excluding hydrogens is 522 g/mol. The van der Waals surface area contributed by atoms with E-state index in [1.807, 2.05) is 56.0 Å². The van der Waals surface area contributed by atoms with E-state index in [4.69, 9.17) is 0 Å². The third-order valence-electron chi connectivity index (χ3n) is 6.83. The van der Waals surface area contributed by atoms with Crippen molar-refractivity contribution in [2.75, 3.05) is 44.6 Å². The second kappa shape index (κ2) is 14.0. The zero-order valence-electron chi connectivity index (χ0n) is 23.4. The number of amides is 3. The molecule has 1 N–H and O–H groups in total. The second-order valence-electron chi connectivity index (χ2n) is 10.3. The molecule has 1 aromatic heterocycles. The zero-order chi connectivity index (χ0) is 28.5. The molecule has 3 amide bonds. The van der Waals surface area contributed by atoms with Crippen molar-refractivity contribution in [3.63, 3.8) is 0 Å². The Hall–Kier alpha value is -3.82. The molecule has 1 aliphatic heterocycles. The van der Waals surface area contributed by atoms with Crippen LogP contribution in [0.1, 0.15) is 41.0 Å². The van der Waals surface area contributed by atoms with Gasteiger partial charge >= 0.3 is 0 Å². The van der Waals surface area contributed by atoms with E-state index in [0.29, 0.717) is 29.5 Å². The number of rotatable bonds is 10. The maximum Gasteiger partial charge on any atom is 0.254 e. The summed E-state index contributed by atoms with van der Waals surface area (Å²) in [5.41, 5.74) is 3.43. The molecule has 1 saturated heterocycles. The van der Waals surface area contributed by atoms with Crippen LogP contribution in [-0.2, 0) is 16.0 Å². The maximum atomic E-state index is 13.0. The van der Waals surface area contributed by atoms with Gasteiger partial charge in [-0.25, -0.2) is 4.98 Å². The molecule has 1 fully saturated rings. The first-order valence-corrected chi connectivity index (χ1v) is 14.5. The highest BCUT2D eigenvalue weighted by atomic mass is 32.1. The SMILES string of the molecule is Cc1ccc(C(=O)N(CC(=O)Nc2nc(CC(=O)N3CCN(C/C=C/c4ccccc4)CC3)cs2)C(C)C)cc1. The number of nitrogens with zero attached hydrogens (tertiary/aromatic N) is 4. The van der Waals surface area contributed by atoms with E-state index >= 15 is 0 Å². The highest BCUT2D eigenvalue weighted by Crippen LogP contribution is 2.18. The van der Waals surface area contributed by atoms with Gasteiger partial charge in [-0.05, 0) is 38.5 Å². The number of nitrogens with one attached hydrogen (secondary N) is 1. The molecule has 0 bridgehead atoms. The lowest BCUT2D eigenvalue weighted by atomic mass is 10.1. The fourth-order valence-corrected chi connectivity index (χ4v) is 5.18. The van der Waals surface area contributed by atoms with E-state index in [-0.39, 0.29) is 36.7 Å². The predicted octanol–water partition coefficient (Wildman–Crippen LogP) is 4.34. The molecule has 2 aromatic carbocycles. The number of hydrogen-bond donors (Lipinski definition) is 1. The Morgan fingerprint density at radius 3 is 2.40 bits per heavy atom. The summed E-state index contributed by atoms with van der Waals surface area (Å²) in [6, 6.07) is 17.4. The van der Waals surface area contributed by atoms with Crippen molar-refractivity contribution in [1.29, 1.82) is 0 Å². The Labute approximate surface area is 240 Å². The summed E-state index contributed by atoms with van der Waals surface area (Å²) in [7, 11) is 0. The van der Waals surface area contributed by atoms with Crippen LogP contribution in [0.5, 0.6) is 0 Å². The molecule has 40 heavy (non-hydrogen) atoms. The lowest BCUT2D eigenvalue weighted by Crippen LogP contribution is -2.49. The maximum absolute atomic E-state index is 13.0. The number of carbonyl (C=O) groups excluding carboxylic acids is 3. The summed E-state index contributed by atoms with van der Waals surface area (Å²) in [4.78, 5) is 48.8. The fourth-order valence-electron chi connectivity index (χ4n) is 4.46. The highest BCUT2D eigenvalue weighted by Gasteiger charge is 2.23. The molecule has 0 saturated carbocycles. The number of anilines is 1. The van der Waals surface area contributed by atoms with Crippen LogP contribution < -0.4 is 5.32 Å². The molecule has 8 nitrogen and oxygen atoms in total. The summed E-state index contributed by atoms with van der Waals surface area (Å²) < 4.78 is 0. The first-order valence-electron chi connectivity index (χ1n) is 13.6. The molecular formula is C31H37N5O3S. The van der Waals surface area contributed by atoms with Crippen LogP contribution in [0, 0.1) is 6.92 Å². The molecule has 4 rings (SSSR count). The summed E-state index contributed by atoms with van der Waals surface area (Å²) in [5.74, 6) is -0.473. The molecule has 1 aliphatic rings. The molecule has 210 valence electrons. The largest absolute Gasteiger partial charge is 0.340 e. The van der Waals surface area contributed by atoms with Gasteiger partial charge in [0.2, 0.25) is 11.8 Å². The van der Waals surface area contributed by atoms with Crippen LogP contribution in [0.3, 0.4) is 0 Å². The van der Waals surface area contributed by atoms with Gasteiger partial charge in [-0.15, -0.1) is 11.3 Å². The minimum absolute atomic E-state index is 0.0392. The van der Waals surface area contributed by atoms with Crippen molar-refractivity contribution in [3.05, 3.63) is 88.4 Å². The Morgan fingerprint density at radius 1 is 1.02 bits per heavy atom. The molecule has 0 radical (unpaired) electrons. The van der Waals surface area contributed by atoms with Gasteiger partial charge in [0.15, 0.2) is 5.13 Å². The third-order valence-corrected chi connectivity index (χ3v) is 7.63. The Bertz CT molecular complexity index is 1310. The van der Waals surface area contributed by atoms with Crippen molar-refractivity contribution in [3.8, 4) is 0 Å². The first-order chi connectivity index (χ1) is 19.3. The van der Waals surface area contributed by atoms with Crippen molar-refractivity contribution in [1.82, 2.24) is 19.7 Å². The van der Waals surface area contributed by atoms with Gasteiger partial charge in [-0.2, -0.15) is 0 Å². The fraction of sp³-hybridized carbons (Fsp3) is 0.355. The Kier molecular flexibility index (Phi) is 10.2. The van der Waals surface area contributed by atoms with Crippen molar-refractivity contribution >= 4 is 40.3 Å². The minimum atomic E-state index is -0.321. The molecule has 0 atom stereocenters. The van der Waals surface area contributed by atoms with E-state index < -0.39 is 0 Å². The van der Waals surface area contributed by atoms with Crippen molar-refractivity contribution < 1.29 is 14.4 Å². The Morgan fingerprint density at radius 2 is 1.73 bits per heavy atom. The molecule has 0 unspecified atom stereocenters. The summed E-state index contributed by atoms with van der Waals surface area (Å²) in [6.07, 6.45) is 4.49. The molecule has 3 aromatic rings. The normalized spacial score (nSPS) is 14.1. The van der Waals surface area contributed by atoms with E-state index in [1.54, 1.807) is 17.5 Å². The van der Waals surface area contributed by atoms with Gasteiger partial charge in [0.1, 0.15) is 6.54 Å². The van der Waals surface area contributed by atoms with E-state index in [9.17, 15) is 14.4 Å². The van der Waals surface area contributed by atoms with Crippen LogP contribution in [0.4, 0.5) is 5.13 Å². The molecule has 9 heteroatoms. The number of carbonyl (C=O) groups is 3. The van der Waals surface area contributed by atoms with Gasteiger partial charge in [0.25, 0.3) is 5.91 Å². The monoisotopic (exact) mass is 559 g/mol. The van der Waals surface area contributed by atoms with Crippen molar-refractivity contribution in [2.24, 2.45) is 0 Å². The smallest absolute Gasteiger partial charge is 0.254 e. The van der Waals surface area contributed by atoms with Gasteiger partial charge in [-0.1, -0.05) is 60.2 Å². The summed E-state index contributed by atoms with van der Waals surface area (Å²) in [5, 5.41) is 5.02. The lowest BCUT2D eigenvalue weighted by Gasteiger charge is -2.34. The molecule has 0 spiro atoms. The van der Waals surface area contributed by atoms with Gasteiger partial charge < -0.3 is 15.1 Å². The first kappa shape index (κ1) is 29.2. The quantitative estimate of drug-likeness (QED) is 0.400.